The maximum atomic E-state index is 8.68. The SMILES string of the molecule is Cc1cc(NO)c(C#N)c(C)n1. The van der Waals surface area contributed by atoms with Gasteiger partial charge in [-0.2, -0.15) is 5.26 Å². The highest BCUT2D eigenvalue weighted by Gasteiger charge is 2.05. The van der Waals surface area contributed by atoms with Crippen molar-refractivity contribution >= 4 is 5.69 Å². The molecule has 0 aliphatic heterocycles. The summed E-state index contributed by atoms with van der Waals surface area (Å²) in [5.41, 5.74) is 4.13. The molecule has 2 N–H and O–H groups in total. The van der Waals surface area contributed by atoms with E-state index in [1.54, 1.807) is 19.9 Å². The van der Waals surface area contributed by atoms with E-state index >= 15 is 0 Å². The lowest BCUT2D eigenvalue weighted by atomic mass is 10.1. The van der Waals surface area contributed by atoms with E-state index in [0.29, 0.717) is 16.9 Å². The normalized spacial score (nSPS) is 9.17. The summed E-state index contributed by atoms with van der Waals surface area (Å²) in [5.74, 6) is 0. The zero-order chi connectivity index (χ0) is 9.14. The van der Waals surface area contributed by atoms with E-state index in [9.17, 15) is 0 Å². The molecule has 0 unspecified atom stereocenters. The topological polar surface area (TPSA) is 68.9 Å². The van der Waals surface area contributed by atoms with Gasteiger partial charge in [-0.25, -0.2) is 0 Å². The minimum Gasteiger partial charge on any atom is -0.291 e. The lowest BCUT2D eigenvalue weighted by molar-refractivity contribution is 0.388. The first-order valence-corrected chi connectivity index (χ1v) is 3.47. The van der Waals surface area contributed by atoms with Crippen molar-refractivity contribution in [2.24, 2.45) is 0 Å². The summed E-state index contributed by atoms with van der Waals surface area (Å²) >= 11 is 0. The summed E-state index contributed by atoms with van der Waals surface area (Å²) in [6.07, 6.45) is 0. The monoisotopic (exact) mass is 163 g/mol. The number of anilines is 1. The molecule has 1 rings (SSSR count). The second-order valence-corrected chi connectivity index (χ2v) is 2.50. The van der Waals surface area contributed by atoms with Gasteiger partial charge in [-0.1, -0.05) is 0 Å². The van der Waals surface area contributed by atoms with E-state index < -0.39 is 0 Å². The van der Waals surface area contributed by atoms with Crippen molar-refractivity contribution in [1.82, 2.24) is 4.98 Å². The van der Waals surface area contributed by atoms with Crippen LogP contribution in [0.4, 0.5) is 5.69 Å². The van der Waals surface area contributed by atoms with Crippen molar-refractivity contribution in [3.63, 3.8) is 0 Å². The van der Waals surface area contributed by atoms with Crippen molar-refractivity contribution in [3.8, 4) is 6.07 Å². The highest BCUT2D eigenvalue weighted by molar-refractivity contribution is 5.58. The Balaban J connectivity index is 3.36. The molecule has 0 aromatic carbocycles. The van der Waals surface area contributed by atoms with Gasteiger partial charge in [-0.15, -0.1) is 0 Å². The van der Waals surface area contributed by atoms with Crippen LogP contribution in [-0.4, -0.2) is 10.2 Å². The molecule has 4 heteroatoms. The zero-order valence-corrected chi connectivity index (χ0v) is 6.92. The highest BCUT2D eigenvalue weighted by atomic mass is 16.5. The van der Waals surface area contributed by atoms with Crippen LogP contribution in [0.5, 0.6) is 0 Å². The predicted molar refractivity (Wildman–Crippen MR) is 43.8 cm³/mol. The Morgan fingerprint density at radius 3 is 2.75 bits per heavy atom. The molecule has 0 aliphatic carbocycles. The average Bonchev–Trinajstić information content (AvgIpc) is 2.03. The van der Waals surface area contributed by atoms with Gasteiger partial charge >= 0.3 is 0 Å². The summed E-state index contributed by atoms with van der Waals surface area (Å²) in [6, 6.07) is 3.57. The molecule has 0 saturated carbocycles. The number of nitrogens with zero attached hydrogens (tertiary/aromatic N) is 2. The van der Waals surface area contributed by atoms with E-state index in [2.05, 4.69) is 4.98 Å². The molecule has 4 nitrogen and oxygen atoms in total. The van der Waals surface area contributed by atoms with E-state index in [1.165, 1.54) is 0 Å². The Hall–Kier alpha value is -1.60. The standard InChI is InChI=1S/C8H9N3O/c1-5-3-8(11-12)7(4-9)6(2)10-5/h3,12H,1-2H3,(H,10,11). The van der Waals surface area contributed by atoms with Crippen molar-refractivity contribution in [1.29, 1.82) is 5.26 Å². The summed E-state index contributed by atoms with van der Waals surface area (Å²) in [7, 11) is 0. The van der Waals surface area contributed by atoms with E-state index in [4.69, 9.17) is 10.5 Å². The molecule has 0 atom stereocenters. The molecule has 0 bridgehead atoms. The molecule has 1 aromatic rings. The first-order valence-electron chi connectivity index (χ1n) is 3.47. The van der Waals surface area contributed by atoms with Gasteiger partial charge in [0.25, 0.3) is 0 Å². The van der Waals surface area contributed by atoms with Gasteiger partial charge in [-0.3, -0.25) is 15.7 Å². The number of pyridine rings is 1. The fraction of sp³-hybridized carbons (Fsp3) is 0.250. The lowest BCUT2D eigenvalue weighted by Gasteiger charge is -2.04. The molecule has 0 spiro atoms. The molecule has 0 saturated heterocycles. The summed E-state index contributed by atoms with van der Waals surface area (Å²) in [6.45, 7) is 3.53. The lowest BCUT2D eigenvalue weighted by Crippen LogP contribution is -1.99. The Kier molecular flexibility index (Phi) is 2.26. The Bertz CT molecular complexity index is 341. The number of nitriles is 1. The molecular weight excluding hydrogens is 154 g/mol. The zero-order valence-electron chi connectivity index (χ0n) is 6.92. The van der Waals surface area contributed by atoms with Crippen LogP contribution in [0.15, 0.2) is 6.07 Å². The largest absolute Gasteiger partial charge is 0.291 e. The van der Waals surface area contributed by atoms with E-state index in [-0.39, 0.29) is 0 Å². The van der Waals surface area contributed by atoms with E-state index in [0.717, 1.165) is 5.69 Å². The van der Waals surface area contributed by atoms with Gasteiger partial charge in [0.1, 0.15) is 6.07 Å². The molecule has 62 valence electrons. The fourth-order valence-corrected chi connectivity index (χ4v) is 1.06. The number of hydrogen-bond donors (Lipinski definition) is 2. The third-order valence-corrected chi connectivity index (χ3v) is 1.56. The first kappa shape index (κ1) is 8.50. The summed E-state index contributed by atoms with van der Waals surface area (Å²) in [4.78, 5) is 4.08. The quantitative estimate of drug-likeness (QED) is 0.613. The van der Waals surface area contributed by atoms with Gasteiger partial charge in [0.2, 0.25) is 0 Å². The minimum absolute atomic E-state index is 0.378. The van der Waals surface area contributed by atoms with Gasteiger partial charge in [0, 0.05) is 5.69 Å². The Morgan fingerprint density at radius 2 is 2.25 bits per heavy atom. The summed E-state index contributed by atoms with van der Waals surface area (Å²) < 4.78 is 0. The van der Waals surface area contributed by atoms with Crippen LogP contribution in [0.1, 0.15) is 17.0 Å². The third kappa shape index (κ3) is 1.36. The predicted octanol–water partition coefficient (Wildman–Crippen LogP) is 1.37. The van der Waals surface area contributed by atoms with Gasteiger partial charge in [0.05, 0.1) is 16.9 Å². The Morgan fingerprint density at radius 1 is 1.58 bits per heavy atom. The molecule has 0 fully saturated rings. The van der Waals surface area contributed by atoms with E-state index in [1.807, 2.05) is 11.5 Å². The third-order valence-electron chi connectivity index (χ3n) is 1.56. The number of rotatable bonds is 1. The Labute approximate surface area is 70.4 Å². The van der Waals surface area contributed by atoms with Gasteiger partial charge in [-0.05, 0) is 19.9 Å². The van der Waals surface area contributed by atoms with Crippen LogP contribution in [0.25, 0.3) is 0 Å². The minimum atomic E-state index is 0.378. The molecule has 12 heavy (non-hydrogen) atoms. The maximum absolute atomic E-state index is 8.68. The van der Waals surface area contributed by atoms with Crippen molar-refractivity contribution in [3.05, 3.63) is 23.0 Å². The number of aryl methyl sites for hydroxylation is 2. The second-order valence-electron chi connectivity index (χ2n) is 2.50. The average molecular weight is 163 g/mol. The van der Waals surface area contributed by atoms with Crippen LogP contribution < -0.4 is 5.48 Å². The van der Waals surface area contributed by atoms with Gasteiger partial charge in [0.15, 0.2) is 0 Å². The van der Waals surface area contributed by atoms with Crippen LogP contribution in [0.3, 0.4) is 0 Å². The van der Waals surface area contributed by atoms with Crippen LogP contribution in [0.2, 0.25) is 0 Å². The van der Waals surface area contributed by atoms with Crippen molar-refractivity contribution in [2.75, 3.05) is 5.48 Å². The first-order chi connectivity index (χ1) is 5.69. The van der Waals surface area contributed by atoms with Gasteiger partial charge < -0.3 is 0 Å². The number of nitrogens with one attached hydrogen (secondary N) is 1. The molecule has 1 aromatic heterocycles. The molecule has 1 heterocycles. The van der Waals surface area contributed by atoms with Crippen LogP contribution in [0, 0.1) is 25.2 Å². The molecule has 0 aliphatic rings. The van der Waals surface area contributed by atoms with Crippen LogP contribution >= 0.6 is 0 Å². The maximum Gasteiger partial charge on any atom is 0.103 e. The van der Waals surface area contributed by atoms with Crippen LogP contribution in [-0.2, 0) is 0 Å². The second kappa shape index (κ2) is 3.20. The highest BCUT2D eigenvalue weighted by Crippen LogP contribution is 2.17. The fourth-order valence-electron chi connectivity index (χ4n) is 1.06. The number of hydrogen-bond acceptors (Lipinski definition) is 4. The smallest absolute Gasteiger partial charge is 0.103 e. The molecular formula is C8H9N3O. The summed E-state index contributed by atoms with van der Waals surface area (Å²) in [5, 5.41) is 17.3. The van der Waals surface area contributed by atoms with Crippen molar-refractivity contribution in [2.45, 2.75) is 13.8 Å². The molecule has 0 radical (unpaired) electrons. The molecule has 0 amide bonds. The van der Waals surface area contributed by atoms with Crippen molar-refractivity contribution < 1.29 is 5.21 Å². The number of aromatic nitrogens is 1.